The summed E-state index contributed by atoms with van der Waals surface area (Å²) in [5, 5.41) is 0.600. The predicted octanol–water partition coefficient (Wildman–Crippen LogP) is 4.02. The van der Waals surface area contributed by atoms with Crippen LogP contribution in [0.3, 0.4) is 0 Å². The van der Waals surface area contributed by atoms with E-state index in [1.165, 1.54) is 6.42 Å². The summed E-state index contributed by atoms with van der Waals surface area (Å²) < 4.78 is 32.5. The molecule has 1 N–H and O–H groups in total. The standard InChI is InChI=1S/C24H26ClN3O4S2/c1-34(30,31)27-8-5-17-14-20-23(33-17)18(6-7-26-20)19-13-16(25)11-15-12-21(32-22(15)19)24(29)28-9-3-2-4-10-28/h6-7,11,13-14,21,27H,2-5,8-10,12H2,1H3. The summed E-state index contributed by atoms with van der Waals surface area (Å²) in [5.41, 5.74) is 3.58. The van der Waals surface area contributed by atoms with Crippen molar-refractivity contribution >= 4 is 49.1 Å². The number of carbonyl (C=O) groups is 1. The fraction of sp³-hybridized carbons (Fsp3) is 0.417. The lowest BCUT2D eigenvalue weighted by Gasteiger charge is -2.28. The third-order valence-electron chi connectivity index (χ3n) is 6.23. The van der Waals surface area contributed by atoms with Crippen LogP contribution in [-0.2, 0) is 27.7 Å². The van der Waals surface area contributed by atoms with Crippen LogP contribution in [0.5, 0.6) is 5.75 Å². The zero-order chi connectivity index (χ0) is 23.9. The number of ether oxygens (including phenoxy) is 1. The number of fused-ring (bicyclic) bond motifs is 2. The van der Waals surface area contributed by atoms with E-state index in [1.807, 2.05) is 29.2 Å². The van der Waals surface area contributed by atoms with E-state index in [0.29, 0.717) is 30.2 Å². The summed E-state index contributed by atoms with van der Waals surface area (Å²) in [7, 11) is -3.23. The van der Waals surface area contributed by atoms with Crippen molar-refractivity contribution in [3.63, 3.8) is 0 Å². The normalized spacial score (nSPS) is 18.2. The number of thiophene rings is 1. The Morgan fingerprint density at radius 2 is 2.03 bits per heavy atom. The van der Waals surface area contributed by atoms with Crippen molar-refractivity contribution in [1.29, 1.82) is 0 Å². The lowest BCUT2D eigenvalue weighted by Crippen LogP contribution is -2.43. The van der Waals surface area contributed by atoms with Gasteiger partial charge in [-0.25, -0.2) is 13.1 Å². The average Bonchev–Trinajstić information content (AvgIpc) is 3.41. The number of pyridine rings is 1. The minimum Gasteiger partial charge on any atom is -0.479 e. The van der Waals surface area contributed by atoms with Crippen LogP contribution in [0.25, 0.3) is 21.3 Å². The van der Waals surface area contributed by atoms with Gasteiger partial charge in [-0.1, -0.05) is 11.6 Å². The molecule has 0 radical (unpaired) electrons. The molecule has 1 amide bonds. The van der Waals surface area contributed by atoms with Crippen molar-refractivity contribution in [2.45, 2.75) is 38.2 Å². The number of sulfonamides is 1. The molecule has 1 unspecified atom stereocenters. The number of nitrogens with one attached hydrogen (secondary N) is 1. The molecule has 3 aromatic rings. The molecule has 0 bridgehead atoms. The SMILES string of the molecule is CS(=O)(=O)NCCc1cc2nccc(-c3cc(Cl)cc4c3OC(C(=O)N3CCCCC3)C4)c2s1. The highest BCUT2D eigenvalue weighted by Gasteiger charge is 2.35. The number of hydrogen-bond donors (Lipinski definition) is 1. The van der Waals surface area contributed by atoms with E-state index < -0.39 is 16.1 Å². The maximum absolute atomic E-state index is 13.1. The Labute approximate surface area is 208 Å². The van der Waals surface area contributed by atoms with Crippen LogP contribution in [0.1, 0.15) is 29.7 Å². The van der Waals surface area contributed by atoms with Crippen LogP contribution in [0, 0.1) is 0 Å². The van der Waals surface area contributed by atoms with Crippen molar-refractivity contribution in [2.24, 2.45) is 0 Å². The molecule has 0 aliphatic carbocycles. The van der Waals surface area contributed by atoms with E-state index in [0.717, 1.165) is 64.0 Å². The molecule has 180 valence electrons. The molecule has 2 aliphatic heterocycles. The number of rotatable bonds is 6. The minimum absolute atomic E-state index is 0.0506. The van der Waals surface area contributed by atoms with E-state index in [-0.39, 0.29) is 5.91 Å². The molecule has 0 saturated carbocycles. The molecule has 2 aromatic heterocycles. The monoisotopic (exact) mass is 519 g/mol. The molecule has 0 spiro atoms. The summed E-state index contributed by atoms with van der Waals surface area (Å²) in [6.07, 6.45) is 6.71. The second-order valence-corrected chi connectivity index (χ2v) is 12.2. The van der Waals surface area contributed by atoms with E-state index in [4.69, 9.17) is 16.3 Å². The molecule has 1 fully saturated rings. The van der Waals surface area contributed by atoms with Gasteiger partial charge in [-0.05, 0) is 49.9 Å². The number of aromatic nitrogens is 1. The highest BCUT2D eigenvalue weighted by Crippen LogP contribution is 2.44. The Balaban J connectivity index is 1.45. The number of halogens is 1. The maximum Gasteiger partial charge on any atom is 0.263 e. The van der Waals surface area contributed by atoms with Gasteiger partial charge in [0.1, 0.15) is 5.75 Å². The van der Waals surface area contributed by atoms with E-state index >= 15 is 0 Å². The first kappa shape index (κ1) is 23.5. The number of nitrogens with zero attached hydrogens (tertiary/aromatic N) is 2. The Kier molecular flexibility index (Phi) is 6.54. The van der Waals surface area contributed by atoms with Crippen molar-refractivity contribution < 1.29 is 17.9 Å². The first-order chi connectivity index (χ1) is 16.3. The second-order valence-electron chi connectivity index (χ2n) is 8.84. The lowest BCUT2D eigenvalue weighted by atomic mass is 10.0. The van der Waals surface area contributed by atoms with Gasteiger partial charge in [0.05, 0.1) is 16.5 Å². The van der Waals surface area contributed by atoms with Crippen LogP contribution in [0.2, 0.25) is 5.02 Å². The van der Waals surface area contributed by atoms with Gasteiger partial charge in [-0.3, -0.25) is 9.78 Å². The van der Waals surface area contributed by atoms with Crippen molar-refractivity contribution in [2.75, 3.05) is 25.9 Å². The average molecular weight is 520 g/mol. The quantitative estimate of drug-likeness (QED) is 0.531. The van der Waals surface area contributed by atoms with E-state index in [2.05, 4.69) is 9.71 Å². The molecule has 1 atom stereocenters. The first-order valence-corrected chi connectivity index (χ1v) is 14.5. The highest BCUT2D eigenvalue weighted by atomic mass is 35.5. The van der Waals surface area contributed by atoms with Gasteiger partial charge in [0, 0.05) is 58.8 Å². The molecular formula is C24H26ClN3O4S2. The van der Waals surface area contributed by atoms with Crippen LogP contribution in [0.15, 0.2) is 30.5 Å². The fourth-order valence-electron chi connectivity index (χ4n) is 4.66. The summed E-state index contributed by atoms with van der Waals surface area (Å²) in [5.74, 6) is 0.760. The van der Waals surface area contributed by atoms with Gasteiger partial charge in [0.25, 0.3) is 5.91 Å². The number of hydrogen-bond acceptors (Lipinski definition) is 6. The number of amides is 1. The smallest absolute Gasteiger partial charge is 0.263 e. The third kappa shape index (κ3) is 4.93. The second kappa shape index (κ2) is 9.45. The fourth-order valence-corrected chi connectivity index (χ4v) is 6.52. The predicted molar refractivity (Wildman–Crippen MR) is 135 cm³/mol. The van der Waals surface area contributed by atoms with Crippen LogP contribution in [-0.4, -0.2) is 56.2 Å². The first-order valence-electron chi connectivity index (χ1n) is 11.4. The van der Waals surface area contributed by atoms with Gasteiger partial charge >= 0.3 is 0 Å². The molecular weight excluding hydrogens is 494 g/mol. The van der Waals surface area contributed by atoms with Crippen LogP contribution >= 0.6 is 22.9 Å². The third-order valence-corrected chi connectivity index (χ3v) is 8.39. The topological polar surface area (TPSA) is 88.6 Å². The zero-order valence-electron chi connectivity index (χ0n) is 18.8. The van der Waals surface area contributed by atoms with Gasteiger partial charge < -0.3 is 9.64 Å². The Bertz CT molecular complexity index is 1350. The Morgan fingerprint density at radius 3 is 2.79 bits per heavy atom. The van der Waals surface area contributed by atoms with Crippen LogP contribution in [0.4, 0.5) is 0 Å². The van der Waals surface area contributed by atoms with Gasteiger partial charge in [0.2, 0.25) is 10.0 Å². The number of benzene rings is 1. The molecule has 1 saturated heterocycles. The molecule has 2 aliphatic rings. The van der Waals surface area contributed by atoms with Crippen molar-refractivity contribution in [3.05, 3.63) is 45.9 Å². The molecule has 4 heterocycles. The molecule has 10 heteroatoms. The van der Waals surface area contributed by atoms with Gasteiger partial charge in [-0.15, -0.1) is 11.3 Å². The Hall–Kier alpha value is -2.20. The Morgan fingerprint density at radius 1 is 1.24 bits per heavy atom. The molecule has 5 rings (SSSR count). The van der Waals surface area contributed by atoms with Crippen molar-refractivity contribution in [3.8, 4) is 16.9 Å². The maximum atomic E-state index is 13.1. The summed E-state index contributed by atoms with van der Waals surface area (Å²) >= 11 is 8.07. The molecule has 34 heavy (non-hydrogen) atoms. The van der Waals surface area contributed by atoms with E-state index in [1.54, 1.807) is 17.5 Å². The summed E-state index contributed by atoms with van der Waals surface area (Å²) in [4.78, 5) is 20.6. The largest absolute Gasteiger partial charge is 0.479 e. The summed E-state index contributed by atoms with van der Waals surface area (Å²) in [6, 6.07) is 7.70. The number of carbonyl (C=O) groups excluding carboxylic acids is 1. The van der Waals surface area contributed by atoms with Crippen molar-refractivity contribution in [1.82, 2.24) is 14.6 Å². The minimum atomic E-state index is -3.23. The summed E-state index contributed by atoms with van der Waals surface area (Å²) in [6.45, 7) is 1.91. The number of likely N-dealkylation sites (tertiary alicyclic amines) is 1. The molecule has 7 nitrogen and oxygen atoms in total. The zero-order valence-corrected chi connectivity index (χ0v) is 21.2. The van der Waals surface area contributed by atoms with Gasteiger partial charge in [0.15, 0.2) is 6.10 Å². The van der Waals surface area contributed by atoms with E-state index in [9.17, 15) is 13.2 Å². The highest BCUT2D eigenvalue weighted by molar-refractivity contribution is 7.88. The lowest BCUT2D eigenvalue weighted by molar-refractivity contribution is -0.138. The van der Waals surface area contributed by atoms with Gasteiger partial charge in [-0.2, -0.15) is 0 Å². The van der Waals surface area contributed by atoms with Crippen LogP contribution < -0.4 is 9.46 Å². The number of piperidine rings is 1. The molecule has 1 aromatic carbocycles.